The number of hydrogen-bond donors (Lipinski definition) is 0. The molecule has 4 rings (SSSR count). The molecule has 3 aromatic rings. The number of fused-ring (bicyclic) bond motifs is 1. The number of benzene rings is 1. The molecule has 2 aromatic heterocycles. The first-order valence-corrected chi connectivity index (χ1v) is 9.73. The third kappa shape index (κ3) is 4.23. The molecule has 0 radical (unpaired) electrons. The van der Waals surface area contributed by atoms with Crippen molar-refractivity contribution in [3.8, 4) is 22.9 Å². The van der Waals surface area contributed by atoms with E-state index < -0.39 is 12.6 Å². The fraction of sp³-hybridized carbons (Fsp3) is 0.333. The average molecular weight is 436 g/mol. The minimum atomic E-state index is -4.37. The molecule has 30 heavy (non-hydrogen) atoms. The second-order valence-electron chi connectivity index (χ2n) is 7.03. The van der Waals surface area contributed by atoms with Crippen molar-refractivity contribution in [2.24, 2.45) is 0 Å². The van der Waals surface area contributed by atoms with Crippen LogP contribution >= 0.6 is 11.6 Å². The molecule has 0 saturated carbocycles. The molecular weight excluding hydrogens is 419 g/mol. The van der Waals surface area contributed by atoms with Gasteiger partial charge in [0.2, 0.25) is 0 Å². The van der Waals surface area contributed by atoms with Crippen molar-refractivity contribution in [2.45, 2.75) is 31.5 Å². The molecule has 0 N–H and O–H groups in total. The number of nitrogens with zero attached hydrogens (tertiary/aromatic N) is 3. The fourth-order valence-corrected chi connectivity index (χ4v) is 3.75. The fourth-order valence-electron chi connectivity index (χ4n) is 3.52. The van der Waals surface area contributed by atoms with Crippen LogP contribution in [0.2, 0.25) is 5.02 Å². The van der Waals surface area contributed by atoms with Crippen LogP contribution in [0.5, 0.6) is 5.75 Å². The molecule has 1 aromatic carbocycles. The van der Waals surface area contributed by atoms with Crippen LogP contribution in [0.4, 0.5) is 13.2 Å². The lowest BCUT2D eigenvalue weighted by atomic mass is 10.0. The summed E-state index contributed by atoms with van der Waals surface area (Å²) in [5.74, 6) is 0.542. The summed E-state index contributed by atoms with van der Waals surface area (Å²) in [6.45, 7) is 1.29. The molecule has 0 amide bonds. The standard InChI is InChI=1S/C21H17ClF3N3O2/c22-18-9-13(1-2-19(18)30-15-4-7-29-8-5-15)16-3-6-28-14(10-21(23,24)25)12-27-20(28)17(16)11-26/h1-3,6,9,12,15H,4-5,7-8,10H2. The first kappa shape index (κ1) is 20.5. The van der Waals surface area contributed by atoms with Gasteiger partial charge in [-0.1, -0.05) is 17.7 Å². The minimum Gasteiger partial charge on any atom is -0.489 e. The molecule has 1 saturated heterocycles. The quantitative estimate of drug-likeness (QED) is 0.566. The minimum absolute atomic E-state index is 0.0289. The van der Waals surface area contributed by atoms with Gasteiger partial charge >= 0.3 is 6.18 Å². The summed E-state index contributed by atoms with van der Waals surface area (Å²) in [7, 11) is 0. The summed E-state index contributed by atoms with van der Waals surface area (Å²) < 4.78 is 50.9. The molecule has 0 spiro atoms. The molecule has 3 heterocycles. The monoisotopic (exact) mass is 435 g/mol. The van der Waals surface area contributed by atoms with Gasteiger partial charge in [0.25, 0.3) is 0 Å². The first-order valence-electron chi connectivity index (χ1n) is 9.36. The number of rotatable bonds is 4. The molecule has 0 atom stereocenters. The van der Waals surface area contributed by atoms with Crippen LogP contribution < -0.4 is 4.74 Å². The Morgan fingerprint density at radius 1 is 1.27 bits per heavy atom. The second-order valence-corrected chi connectivity index (χ2v) is 7.43. The summed E-state index contributed by atoms with van der Waals surface area (Å²) in [6, 6.07) is 8.84. The summed E-state index contributed by atoms with van der Waals surface area (Å²) in [5.41, 5.74) is 1.51. The van der Waals surface area contributed by atoms with Crippen molar-refractivity contribution in [3.05, 3.63) is 52.9 Å². The molecule has 0 bridgehead atoms. The van der Waals surface area contributed by atoms with Crippen LogP contribution in [0.15, 0.2) is 36.7 Å². The highest BCUT2D eigenvalue weighted by atomic mass is 35.5. The lowest BCUT2D eigenvalue weighted by molar-refractivity contribution is -0.127. The van der Waals surface area contributed by atoms with Gasteiger partial charge in [-0.2, -0.15) is 18.4 Å². The maximum Gasteiger partial charge on any atom is 0.394 e. The topological polar surface area (TPSA) is 59.5 Å². The van der Waals surface area contributed by atoms with E-state index in [1.165, 1.54) is 10.6 Å². The molecule has 1 aliphatic rings. The van der Waals surface area contributed by atoms with E-state index in [0.717, 1.165) is 19.0 Å². The van der Waals surface area contributed by atoms with Gasteiger partial charge in [-0.3, -0.25) is 0 Å². The van der Waals surface area contributed by atoms with E-state index in [1.54, 1.807) is 24.3 Å². The van der Waals surface area contributed by atoms with E-state index in [2.05, 4.69) is 11.1 Å². The van der Waals surface area contributed by atoms with Crippen molar-refractivity contribution in [3.63, 3.8) is 0 Å². The highest BCUT2D eigenvalue weighted by Gasteiger charge is 2.30. The zero-order valence-electron chi connectivity index (χ0n) is 15.7. The maximum atomic E-state index is 12.8. The Morgan fingerprint density at radius 2 is 2.03 bits per heavy atom. The largest absolute Gasteiger partial charge is 0.489 e. The number of aromatic nitrogens is 2. The number of pyridine rings is 1. The molecule has 1 fully saturated rings. The Labute approximate surface area is 175 Å². The highest BCUT2D eigenvalue weighted by Crippen LogP contribution is 2.34. The lowest BCUT2D eigenvalue weighted by Gasteiger charge is -2.24. The normalized spacial score (nSPS) is 15.3. The number of hydrogen-bond acceptors (Lipinski definition) is 4. The molecule has 156 valence electrons. The van der Waals surface area contributed by atoms with Crippen LogP contribution in [0.3, 0.4) is 0 Å². The zero-order chi connectivity index (χ0) is 21.3. The van der Waals surface area contributed by atoms with Crippen molar-refractivity contribution in [1.82, 2.24) is 9.38 Å². The summed E-state index contributed by atoms with van der Waals surface area (Å²) in [5, 5.41) is 10.1. The van der Waals surface area contributed by atoms with Crippen LogP contribution in [0.1, 0.15) is 24.1 Å². The van der Waals surface area contributed by atoms with E-state index in [9.17, 15) is 18.4 Å². The summed E-state index contributed by atoms with van der Waals surface area (Å²) in [4.78, 5) is 4.05. The second kappa shape index (κ2) is 8.17. The number of alkyl halides is 3. The van der Waals surface area contributed by atoms with Crippen LogP contribution in [0, 0.1) is 11.3 Å². The van der Waals surface area contributed by atoms with Crippen molar-refractivity contribution in [1.29, 1.82) is 5.26 Å². The van der Waals surface area contributed by atoms with Crippen molar-refractivity contribution in [2.75, 3.05) is 13.2 Å². The predicted octanol–water partition coefficient (Wildman–Crippen LogP) is 5.19. The van der Waals surface area contributed by atoms with Gasteiger partial charge in [0.1, 0.15) is 23.5 Å². The zero-order valence-corrected chi connectivity index (χ0v) is 16.5. The van der Waals surface area contributed by atoms with Gasteiger partial charge in [-0.15, -0.1) is 0 Å². The Bertz CT molecular complexity index is 1120. The molecule has 9 heteroatoms. The summed E-state index contributed by atoms with van der Waals surface area (Å²) >= 11 is 6.40. The average Bonchev–Trinajstić information content (AvgIpc) is 3.11. The van der Waals surface area contributed by atoms with Crippen LogP contribution in [-0.4, -0.2) is 34.9 Å². The highest BCUT2D eigenvalue weighted by molar-refractivity contribution is 6.32. The summed E-state index contributed by atoms with van der Waals surface area (Å²) in [6.07, 6.45) is -1.26. The number of imidazole rings is 1. The molecule has 0 aliphatic carbocycles. The first-order chi connectivity index (χ1) is 14.4. The van der Waals surface area contributed by atoms with E-state index in [-0.39, 0.29) is 23.0 Å². The van der Waals surface area contributed by atoms with Crippen molar-refractivity contribution < 1.29 is 22.6 Å². The number of halogens is 4. The predicted molar refractivity (Wildman–Crippen MR) is 105 cm³/mol. The van der Waals surface area contributed by atoms with E-state index in [4.69, 9.17) is 21.1 Å². The van der Waals surface area contributed by atoms with Gasteiger partial charge in [0.15, 0.2) is 5.65 Å². The van der Waals surface area contributed by atoms with Gasteiger partial charge in [-0.05, 0) is 23.8 Å². The SMILES string of the molecule is N#Cc1c(-c2ccc(OC3CCOCC3)c(Cl)c2)ccn2c(CC(F)(F)F)cnc12. The Morgan fingerprint density at radius 3 is 2.70 bits per heavy atom. The van der Waals surface area contributed by atoms with Gasteiger partial charge in [0.05, 0.1) is 30.4 Å². The van der Waals surface area contributed by atoms with Crippen LogP contribution in [-0.2, 0) is 11.2 Å². The Hall–Kier alpha value is -2.76. The van der Waals surface area contributed by atoms with E-state index >= 15 is 0 Å². The third-order valence-electron chi connectivity index (χ3n) is 4.95. The molecule has 1 aliphatic heterocycles. The van der Waals surface area contributed by atoms with Gasteiger partial charge in [0, 0.05) is 30.8 Å². The van der Waals surface area contributed by atoms with Crippen LogP contribution in [0.25, 0.3) is 16.8 Å². The van der Waals surface area contributed by atoms with E-state index in [0.29, 0.717) is 35.1 Å². The molecule has 5 nitrogen and oxygen atoms in total. The lowest BCUT2D eigenvalue weighted by Crippen LogP contribution is -2.25. The Kier molecular flexibility index (Phi) is 5.58. The molecule has 0 unspecified atom stereocenters. The third-order valence-corrected chi connectivity index (χ3v) is 5.25. The van der Waals surface area contributed by atoms with Gasteiger partial charge in [-0.25, -0.2) is 4.98 Å². The smallest absolute Gasteiger partial charge is 0.394 e. The van der Waals surface area contributed by atoms with E-state index in [1.807, 2.05) is 0 Å². The van der Waals surface area contributed by atoms with Crippen molar-refractivity contribution >= 4 is 17.2 Å². The Balaban J connectivity index is 1.67. The maximum absolute atomic E-state index is 12.8. The number of nitriles is 1. The molecular formula is C21H17ClF3N3O2. The number of ether oxygens (including phenoxy) is 2. The van der Waals surface area contributed by atoms with Gasteiger partial charge < -0.3 is 13.9 Å².